The van der Waals surface area contributed by atoms with Gasteiger partial charge in [0.1, 0.15) is 11.5 Å². The minimum Gasteiger partial charge on any atom is -0.494 e. The maximum Gasteiger partial charge on any atom is 0.308 e. The number of nitrogens with zero attached hydrogens (tertiary/aromatic N) is 1. The van der Waals surface area contributed by atoms with E-state index in [1.54, 1.807) is 13.0 Å². The Kier molecular flexibility index (Phi) is 6.56. The van der Waals surface area contributed by atoms with Crippen LogP contribution in [0.4, 0.5) is 0 Å². The van der Waals surface area contributed by atoms with Crippen LogP contribution in [0.2, 0.25) is 0 Å². The first-order valence-electron chi connectivity index (χ1n) is 8.11. The molecule has 0 aliphatic rings. The second-order valence-electron chi connectivity index (χ2n) is 5.73. The Morgan fingerprint density at radius 2 is 2.04 bits per heavy atom. The number of aromatic nitrogens is 1. The summed E-state index contributed by atoms with van der Waals surface area (Å²) in [5.41, 5.74) is 1.39. The summed E-state index contributed by atoms with van der Waals surface area (Å²) in [5, 5.41) is 15.8. The van der Waals surface area contributed by atoms with Crippen molar-refractivity contribution in [1.82, 2.24) is 10.5 Å². The van der Waals surface area contributed by atoms with E-state index in [2.05, 4.69) is 10.5 Å². The van der Waals surface area contributed by atoms with E-state index in [4.69, 9.17) is 9.26 Å². The molecule has 2 N–H and O–H groups in total. The smallest absolute Gasteiger partial charge is 0.308 e. The summed E-state index contributed by atoms with van der Waals surface area (Å²) in [6.45, 7) is 4.27. The number of amides is 1. The fraction of sp³-hybridized carbons (Fsp3) is 0.389. The lowest BCUT2D eigenvalue weighted by Crippen LogP contribution is -2.35. The van der Waals surface area contributed by atoms with E-state index in [9.17, 15) is 14.7 Å². The van der Waals surface area contributed by atoms with Crippen LogP contribution in [-0.4, -0.2) is 35.3 Å². The van der Waals surface area contributed by atoms with Crippen molar-refractivity contribution in [2.75, 3.05) is 13.2 Å². The predicted octanol–water partition coefficient (Wildman–Crippen LogP) is 1.98. The zero-order valence-electron chi connectivity index (χ0n) is 14.3. The van der Waals surface area contributed by atoms with Crippen molar-refractivity contribution >= 4 is 11.9 Å². The van der Waals surface area contributed by atoms with Gasteiger partial charge >= 0.3 is 5.97 Å². The summed E-state index contributed by atoms with van der Waals surface area (Å²) >= 11 is 0. The van der Waals surface area contributed by atoms with Crippen molar-refractivity contribution in [3.05, 3.63) is 47.3 Å². The summed E-state index contributed by atoms with van der Waals surface area (Å²) in [7, 11) is 0. The molecular formula is C18H22N2O5. The van der Waals surface area contributed by atoms with Crippen LogP contribution in [0.15, 0.2) is 34.9 Å². The number of nitrogens with one attached hydrogen (secondary N) is 1. The Balaban J connectivity index is 1.87. The molecule has 1 amide bonds. The van der Waals surface area contributed by atoms with Gasteiger partial charge in [0, 0.05) is 12.6 Å². The van der Waals surface area contributed by atoms with Crippen LogP contribution in [0.3, 0.4) is 0 Å². The summed E-state index contributed by atoms with van der Waals surface area (Å²) in [6, 6.07) is 8.96. The molecule has 1 aromatic carbocycles. The first-order chi connectivity index (χ1) is 12.0. The number of carbonyl (C=O) groups is 2. The SMILES string of the molecule is CCOc1ccc(CC(CNC(=O)Cc2cc(C)on2)C(=O)O)cc1. The van der Waals surface area contributed by atoms with Gasteiger partial charge in [0.2, 0.25) is 5.91 Å². The number of rotatable bonds is 9. The van der Waals surface area contributed by atoms with E-state index in [0.717, 1.165) is 11.3 Å². The third-order valence-electron chi connectivity index (χ3n) is 3.63. The Morgan fingerprint density at radius 3 is 2.60 bits per heavy atom. The van der Waals surface area contributed by atoms with Crippen LogP contribution in [0.5, 0.6) is 5.75 Å². The van der Waals surface area contributed by atoms with Gasteiger partial charge in [-0.05, 0) is 38.0 Å². The Bertz CT molecular complexity index is 709. The summed E-state index contributed by atoms with van der Waals surface area (Å²) < 4.78 is 10.3. The lowest BCUT2D eigenvalue weighted by Gasteiger charge is -2.14. The Morgan fingerprint density at radius 1 is 1.32 bits per heavy atom. The lowest BCUT2D eigenvalue weighted by molar-refractivity contribution is -0.141. The highest BCUT2D eigenvalue weighted by Gasteiger charge is 2.19. The quantitative estimate of drug-likeness (QED) is 0.720. The second-order valence-corrected chi connectivity index (χ2v) is 5.73. The van der Waals surface area contributed by atoms with Gasteiger partial charge in [0.05, 0.1) is 24.6 Å². The van der Waals surface area contributed by atoms with E-state index in [-0.39, 0.29) is 18.9 Å². The minimum absolute atomic E-state index is 0.0538. The lowest BCUT2D eigenvalue weighted by atomic mass is 9.99. The number of ether oxygens (including phenoxy) is 1. The van der Waals surface area contributed by atoms with Crippen LogP contribution in [0.1, 0.15) is 23.9 Å². The molecule has 2 aromatic rings. The van der Waals surface area contributed by atoms with E-state index < -0.39 is 11.9 Å². The number of carboxylic acids is 1. The maximum atomic E-state index is 11.9. The largest absolute Gasteiger partial charge is 0.494 e. The molecule has 0 saturated carbocycles. The molecule has 25 heavy (non-hydrogen) atoms. The van der Waals surface area contributed by atoms with Crippen molar-refractivity contribution in [2.24, 2.45) is 5.92 Å². The van der Waals surface area contributed by atoms with Gasteiger partial charge in [0.25, 0.3) is 0 Å². The molecule has 0 aliphatic carbocycles. The molecule has 1 unspecified atom stereocenters. The van der Waals surface area contributed by atoms with Crippen LogP contribution in [-0.2, 0) is 22.4 Å². The molecule has 0 bridgehead atoms. The second kappa shape index (κ2) is 8.86. The van der Waals surface area contributed by atoms with Gasteiger partial charge in [0.15, 0.2) is 0 Å². The first kappa shape index (κ1) is 18.5. The van der Waals surface area contributed by atoms with Gasteiger partial charge in [-0.3, -0.25) is 9.59 Å². The topological polar surface area (TPSA) is 102 Å². The zero-order chi connectivity index (χ0) is 18.2. The van der Waals surface area contributed by atoms with E-state index in [1.807, 2.05) is 31.2 Å². The van der Waals surface area contributed by atoms with E-state index >= 15 is 0 Å². The third-order valence-corrected chi connectivity index (χ3v) is 3.63. The molecule has 0 saturated heterocycles. The van der Waals surface area contributed by atoms with Crippen LogP contribution in [0.25, 0.3) is 0 Å². The molecular weight excluding hydrogens is 324 g/mol. The molecule has 0 spiro atoms. The molecule has 0 aliphatic heterocycles. The normalized spacial score (nSPS) is 11.8. The molecule has 134 valence electrons. The average molecular weight is 346 g/mol. The van der Waals surface area contributed by atoms with Crippen molar-refractivity contribution in [2.45, 2.75) is 26.7 Å². The molecule has 0 fully saturated rings. The van der Waals surface area contributed by atoms with Crippen LogP contribution in [0, 0.1) is 12.8 Å². The van der Waals surface area contributed by atoms with Gasteiger partial charge in [-0.15, -0.1) is 0 Å². The zero-order valence-corrected chi connectivity index (χ0v) is 14.3. The van der Waals surface area contributed by atoms with Crippen molar-refractivity contribution in [3.63, 3.8) is 0 Å². The molecule has 2 rings (SSSR count). The number of carbonyl (C=O) groups excluding carboxylic acids is 1. The van der Waals surface area contributed by atoms with Crippen molar-refractivity contribution in [3.8, 4) is 5.75 Å². The molecule has 1 aromatic heterocycles. The molecule has 7 heteroatoms. The first-order valence-corrected chi connectivity index (χ1v) is 8.11. The minimum atomic E-state index is -0.952. The Hall–Kier alpha value is -2.83. The van der Waals surface area contributed by atoms with Gasteiger partial charge in [-0.1, -0.05) is 17.3 Å². The number of hydrogen-bond donors (Lipinski definition) is 2. The number of hydrogen-bond acceptors (Lipinski definition) is 5. The maximum absolute atomic E-state index is 11.9. The monoisotopic (exact) mass is 346 g/mol. The summed E-state index contributed by atoms with van der Waals surface area (Å²) in [4.78, 5) is 23.4. The van der Waals surface area contributed by atoms with Crippen molar-refractivity contribution < 1.29 is 24.0 Å². The van der Waals surface area contributed by atoms with Crippen LogP contribution >= 0.6 is 0 Å². The molecule has 7 nitrogen and oxygen atoms in total. The summed E-state index contributed by atoms with van der Waals surface area (Å²) in [6.07, 6.45) is 0.387. The van der Waals surface area contributed by atoms with Gasteiger partial charge in [-0.25, -0.2) is 0 Å². The van der Waals surface area contributed by atoms with E-state index in [1.165, 1.54) is 0 Å². The number of carboxylic acid groups (broad SMARTS) is 1. The average Bonchev–Trinajstić information content (AvgIpc) is 2.98. The molecule has 1 atom stereocenters. The third kappa shape index (κ3) is 5.95. The number of aryl methyl sites for hydroxylation is 1. The number of aliphatic carboxylic acids is 1. The summed E-state index contributed by atoms with van der Waals surface area (Å²) in [5.74, 6) is -0.574. The number of benzene rings is 1. The van der Waals surface area contributed by atoms with Crippen molar-refractivity contribution in [1.29, 1.82) is 0 Å². The fourth-order valence-electron chi connectivity index (χ4n) is 2.39. The van der Waals surface area contributed by atoms with E-state index in [0.29, 0.717) is 24.5 Å². The highest BCUT2D eigenvalue weighted by Crippen LogP contribution is 2.15. The standard InChI is InChI=1S/C18H22N2O5/c1-3-24-16-6-4-13(5-7-16)9-14(18(22)23)11-19-17(21)10-15-8-12(2)25-20-15/h4-8,14H,3,9-11H2,1-2H3,(H,19,21)(H,22,23). The highest BCUT2D eigenvalue weighted by atomic mass is 16.5. The molecule has 0 radical (unpaired) electrons. The van der Waals surface area contributed by atoms with Gasteiger partial charge in [-0.2, -0.15) is 0 Å². The predicted molar refractivity (Wildman–Crippen MR) is 90.4 cm³/mol. The Labute approximate surface area is 146 Å². The fourth-order valence-corrected chi connectivity index (χ4v) is 2.39. The van der Waals surface area contributed by atoms with Crippen LogP contribution < -0.4 is 10.1 Å². The van der Waals surface area contributed by atoms with Gasteiger partial charge < -0.3 is 19.7 Å². The highest BCUT2D eigenvalue weighted by molar-refractivity contribution is 5.79. The molecule has 1 heterocycles.